The fourth-order valence-corrected chi connectivity index (χ4v) is 1.57. The van der Waals surface area contributed by atoms with E-state index in [1.165, 1.54) is 6.08 Å². The minimum atomic E-state index is -0.377. The van der Waals surface area contributed by atoms with Crippen LogP contribution in [0.2, 0.25) is 0 Å². The molecule has 92 valence electrons. The van der Waals surface area contributed by atoms with Gasteiger partial charge in [-0.2, -0.15) is 0 Å². The molecule has 0 spiro atoms. The summed E-state index contributed by atoms with van der Waals surface area (Å²) >= 11 is 0. The minimum absolute atomic E-state index is 0.0582. The lowest BCUT2D eigenvalue weighted by Gasteiger charge is -2.05. The highest BCUT2D eigenvalue weighted by molar-refractivity contribution is 6.27. The van der Waals surface area contributed by atoms with Crippen molar-refractivity contribution in [3.05, 3.63) is 34.6 Å². The van der Waals surface area contributed by atoms with Gasteiger partial charge in [-0.3, -0.25) is 9.59 Å². The monoisotopic (exact) mass is 234 g/mol. The summed E-state index contributed by atoms with van der Waals surface area (Å²) in [6, 6.07) is 0. The number of carbonyl (C=O) groups is 2. The third-order valence-electron chi connectivity index (χ3n) is 2.59. The number of ketones is 2. The van der Waals surface area contributed by atoms with Gasteiger partial charge in [-0.15, -0.1) is 0 Å². The summed E-state index contributed by atoms with van der Waals surface area (Å²) in [6.45, 7) is 7.31. The van der Waals surface area contributed by atoms with Gasteiger partial charge in [0.05, 0.1) is 0 Å². The van der Waals surface area contributed by atoms with E-state index in [0.29, 0.717) is 12.0 Å². The Balaban J connectivity index is 3.00. The Hall–Kier alpha value is -1.64. The van der Waals surface area contributed by atoms with Crippen LogP contribution < -0.4 is 0 Å². The Labute approximate surface area is 102 Å². The first-order valence-corrected chi connectivity index (χ1v) is 5.70. The highest BCUT2D eigenvalue weighted by Crippen LogP contribution is 2.27. The first-order valence-electron chi connectivity index (χ1n) is 5.70. The maximum absolute atomic E-state index is 11.8. The number of allylic oxidation sites excluding steroid dienone is 5. The first kappa shape index (κ1) is 13.4. The molecule has 1 rings (SSSR count). The Kier molecular flexibility index (Phi) is 4.05. The van der Waals surface area contributed by atoms with Crippen LogP contribution in [0.5, 0.6) is 0 Å². The molecule has 1 N–H and O–H groups in total. The zero-order valence-corrected chi connectivity index (χ0v) is 10.7. The Morgan fingerprint density at radius 2 is 2.00 bits per heavy atom. The van der Waals surface area contributed by atoms with Gasteiger partial charge in [-0.25, -0.2) is 0 Å². The third-order valence-corrected chi connectivity index (χ3v) is 2.59. The van der Waals surface area contributed by atoms with Crippen molar-refractivity contribution in [2.45, 2.75) is 34.1 Å². The van der Waals surface area contributed by atoms with E-state index in [0.717, 1.165) is 5.57 Å². The normalized spacial score (nSPS) is 15.4. The number of hydrogen-bond donors (Lipinski definition) is 1. The third kappa shape index (κ3) is 2.93. The van der Waals surface area contributed by atoms with E-state index in [2.05, 4.69) is 0 Å². The van der Waals surface area contributed by atoms with Crippen LogP contribution in [0.3, 0.4) is 0 Å². The first-order chi connectivity index (χ1) is 7.84. The number of rotatable bonds is 4. The zero-order chi connectivity index (χ0) is 13.2. The van der Waals surface area contributed by atoms with Gasteiger partial charge >= 0.3 is 0 Å². The van der Waals surface area contributed by atoms with Crippen molar-refractivity contribution in [3.8, 4) is 0 Å². The molecule has 0 radical (unpaired) electrons. The zero-order valence-electron chi connectivity index (χ0n) is 10.7. The van der Waals surface area contributed by atoms with Gasteiger partial charge < -0.3 is 5.11 Å². The highest BCUT2D eigenvalue weighted by atomic mass is 16.3. The quantitative estimate of drug-likeness (QED) is 0.601. The summed E-state index contributed by atoms with van der Waals surface area (Å²) in [4.78, 5) is 23.4. The molecule has 0 aromatic carbocycles. The number of carbonyl (C=O) groups excluding carboxylic acids is 2. The second kappa shape index (κ2) is 5.13. The lowest BCUT2D eigenvalue weighted by Crippen LogP contribution is -2.16. The Morgan fingerprint density at radius 3 is 2.47 bits per heavy atom. The fourth-order valence-electron chi connectivity index (χ4n) is 1.57. The van der Waals surface area contributed by atoms with Gasteiger partial charge in [-0.1, -0.05) is 25.5 Å². The van der Waals surface area contributed by atoms with Gasteiger partial charge in [0.15, 0.2) is 11.6 Å². The average Bonchev–Trinajstić information content (AvgIpc) is 2.50. The molecular weight excluding hydrogens is 216 g/mol. The standard InChI is InChI=1S/C14H18O3/c1-8(2)5-6-10-7-11(15)12(14(10)17)13(16)9(3)4/h5,7,9,17H,6H2,1-4H3. The minimum Gasteiger partial charge on any atom is -0.507 e. The molecule has 0 atom stereocenters. The summed E-state index contributed by atoms with van der Waals surface area (Å²) < 4.78 is 0. The van der Waals surface area contributed by atoms with Crippen molar-refractivity contribution in [3.63, 3.8) is 0 Å². The second-order valence-corrected chi connectivity index (χ2v) is 4.76. The van der Waals surface area contributed by atoms with Gasteiger partial charge in [0.2, 0.25) is 0 Å². The van der Waals surface area contributed by atoms with Gasteiger partial charge in [0.25, 0.3) is 0 Å². The Morgan fingerprint density at radius 1 is 1.41 bits per heavy atom. The lowest BCUT2D eigenvalue weighted by atomic mass is 9.99. The molecule has 0 saturated heterocycles. The molecule has 3 heteroatoms. The molecule has 17 heavy (non-hydrogen) atoms. The SMILES string of the molecule is CC(C)=CCC1=CC(=O)C(C(=O)C(C)C)=C1O. The summed E-state index contributed by atoms with van der Waals surface area (Å²) in [5.41, 5.74) is 1.58. The van der Waals surface area contributed by atoms with Crippen molar-refractivity contribution >= 4 is 11.6 Å². The summed E-state index contributed by atoms with van der Waals surface area (Å²) in [6.07, 6.45) is 3.75. The van der Waals surface area contributed by atoms with Gasteiger partial charge in [0.1, 0.15) is 11.3 Å². The van der Waals surface area contributed by atoms with Gasteiger partial charge in [-0.05, 0) is 26.3 Å². The van der Waals surface area contributed by atoms with E-state index in [-0.39, 0.29) is 28.8 Å². The molecule has 0 unspecified atom stereocenters. The van der Waals surface area contributed by atoms with E-state index < -0.39 is 0 Å². The van der Waals surface area contributed by atoms with Crippen LogP contribution in [0, 0.1) is 5.92 Å². The summed E-state index contributed by atoms with van der Waals surface area (Å²) in [5.74, 6) is -1.10. The van der Waals surface area contributed by atoms with Crippen LogP contribution in [0.4, 0.5) is 0 Å². The van der Waals surface area contributed by atoms with Crippen LogP contribution in [-0.4, -0.2) is 16.7 Å². The van der Waals surface area contributed by atoms with Gasteiger partial charge in [0, 0.05) is 11.5 Å². The van der Waals surface area contributed by atoms with E-state index in [1.54, 1.807) is 13.8 Å². The van der Waals surface area contributed by atoms with E-state index in [1.807, 2.05) is 19.9 Å². The summed E-state index contributed by atoms with van der Waals surface area (Å²) in [7, 11) is 0. The topological polar surface area (TPSA) is 54.4 Å². The smallest absolute Gasteiger partial charge is 0.193 e. The predicted molar refractivity (Wildman–Crippen MR) is 66.6 cm³/mol. The number of hydrogen-bond acceptors (Lipinski definition) is 3. The maximum Gasteiger partial charge on any atom is 0.193 e. The molecule has 0 aromatic heterocycles. The Bertz CT molecular complexity index is 444. The number of Topliss-reactive ketones (excluding diaryl/α,β-unsaturated/α-hetero) is 1. The molecule has 0 saturated carbocycles. The predicted octanol–water partition coefficient (Wildman–Crippen LogP) is 2.89. The fraction of sp³-hybridized carbons (Fsp3) is 0.429. The number of aliphatic hydroxyl groups excluding tert-OH is 1. The van der Waals surface area contributed by atoms with E-state index >= 15 is 0 Å². The summed E-state index contributed by atoms with van der Waals surface area (Å²) in [5, 5.41) is 9.89. The lowest BCUT2D eigenvalue weighted by molar-refractivity contribution is -0.121. The molecule has 1 aliphatic rings. The molecule has 0 aromatic rings. The van der Waals surface area contributed by atoms with Crippen molar-refractivity contribution < 1.29 is 14.7 Å². The largest absolute Gasteiger partial charge is 0.507 e. The molecule has 1 aliphatic carbocycles. The highest BCUT2D eigenvalue weighted by Gasteiger charge is 2.30. The molecule has 0 bridgehead atoms. The molecule has 0 amide bonds. The van der Waals surface area contributed by atoms with Crippen molar-refractivity contribution in [2.24, 2.45) is 5.92 Å². The molecule has 0 aliphatic heterocycles. The average molecular weight is 234 g/mol. The number of aliphatic hydroxyl groups is 1. The van der Waals surface area contributed by atoms with Crippen LogP contribution in [0.25, 0.3) is 0 Å². The molecule has 0 fully saturated rings. The van der Waals surface area contributed by atoms with Crippen molar-refractivity contribution in [2.75, 3.05) is 0 Å². The molecule has 0 heterocycles. The molecule has 3 nitrogen and oxygen atoms in total. The van der Waals surface area contributed by atoms with Crippen LogP contribution >= 0.6 is 0 Å². The molecular formula is C14H18O3. The van der Waals surface area contributed by atoms with Crippen molar-refractivity contribution in [1.29, 1.82) is 0 Å². The maximum atomic E-state index is 11.8. The van der Waals surface area contributed by atoms with Crippen LogP contribution in [-0.2, 0) is 9.59 Å². The van der Waals surface area contributed by atoms with Crippen LogP contribution in [0.1, 0.15) is 34.1 Å². The van der Waals surface area contributed by atoms with E-state index in [4.69, 9.17) is 0 Å². The van der Waals surface area contributed by atoms with Crippen molar-refractivity contribution in [1.82, 2.24) is 0 Å². The van der Waals surface area contributed by atoms with Crippen LogP contribution in [0.15, 0.2) is 34.6 Å². The second-order valence-electron chi connectivity index (χ2n) is 4.76. The van der Waals surface area contributed by atoms with E-state index in [9.17, 15) is 14.7 Å².